The zero-order chi connectivity index (χ0) is 21.8. The van der Waals surface area contributed by atoms with Crippen LogP contribution in [0.1, 0.15) is 101 Å². The van der Waals surface area contributed by atoms with Crippen molar-refractivity contribution in [1.29, 1.82) is 5.26 Å². The topological polar surface area (TPSA) is 40.9 Å². The highest BCUT2D eigenvalue weighted by atomic mass is 16.1. The number of hydrogen-bond acceptors (Lipinski definition) is 2. The molecule has 5 rings (SSSR count). The predicted molar refractivity (Wildman–Crippen MR) is 124 cm³/mol. The van der Waals surface area contributed by atoms with Gasteiger partial charge in [0, 0.05) is 12.0 Å². The minimum atomic E-state index is 0.275. The average molecular weight is 418 g/mol. The second kappa shape index (κ2) is 7.75. The third-order valence-electron chi connectivity index (χ3n) is 10.5. The van der Waals surface area contributed by atoms with Crippen LogP contribution >= 0.6 is 0 Å². The molecule has 0 bridgehead atoms. The fourth-order valence-electron chi connectivity index (χ4n) is 8.82. The van der Waals surface area contributed by atoms with E-state index in [4.69, 9.17) is 5.26 Å². The molecule has 166 valence electrons. The number of hydrogen-bond donors (Lipinski definition) is 0. The third-order valence-corrected chi connectivity index (χ3v) is 10.5. The molecule has 1 aromatic rings. The minimum absolute atomic E-state index is 0.275. The van der Waals surface area contributed by atoms with E-state index in [1.807, 2.05) is 12.1 Å². The van der Waals surface area contributed by atoms with Crippen LogP contribution in [-0.4, -0.2) is 5.78 Å². The quantitative estimate of drug-likeness (QED) is 0.480. The van der Waals surface area contributed by atoms with Crippen LogP contribution in [0.2, 0.25) is 0 Å². The molecule has 0 heterocycles. The van der Waals surface area contributed by atoms with Gasteiger partial charge in [-0.15, -0.1) is 0 Å². The lowest BCUT2D eigenvalue weighted by Gasteiger charge is -2.57. The van der Waals surface area contributed by atoms with Gasteiger partial charge in [-0.25, -0.2) is 0 Å². The zero-order valence-corrected chi connectivity index (χ0v) is 19.7. The molecule has 4 aliphatic rings. The summed E-state index contributed by atoms with van der Waals surface area (Å²) in [6.45, 7) is 7.51. The van der Waals surface area contributed by atoms with Crippen LogP contribution in [0.15, 0.2) is 24.3 Å². The highest BCUT2D eigenvalue weighted by Crippen LogP contribution is 2.65. The van der Waals surface area contributed by atoms with Crippen molar-refractivity contribution in [3.8, 4) is 6.07 Å². The molecule has 31 heavy (non-hydrogen) atoms. The van der Waals surface area contributed by atoms with Gasteiger partial charge in [0.1, 0.15) is 0 Å². The van der Waals surface area contributed by atoms with Crippen molar-refractivity contribution in [2.45, 2.75) is 85.0 Å². The van der Waals surface area contributed by atoms with E-state index >= 15 is 0 Å². The maximum absolute atomic E-state index is 13.1. The molecule has 0 aliphatic heterocycles. The summed E-state index contributed by atoms with van der Waals surface area (Å²) < 4.78 is 0. The van der Waals surface area contributed by atoms with Crippen LogP contribution < -0.4 is 0 Å². The first-order valence-corrected chi connectivity index (χ1v) is 12.8. The summed E-state index contributed by atoms with van der Waals surface area (Å²) in [5, 5.41) is 9.02. The molecular weight excluding hydrogens is 378 g/mol. The standard InChI is InChI=1S/C29H39NO/c1-28(2)14-12-23-21(17-28)8-10-25-24(23)13-15-29(3)22(9-11-26(25)29)16-27(31)20-6-4-19(18-30)5-7-20/h4-7,21-26H,8-17H2,1-3H3/t21-,22-,23+,24-,25-,26+,29-/m1/s1. The van der Waals surface area contributed by atoms with Crippen molar-refractivity contribution < 1.29 is 4.79 Å². The first-order chi connectivity index (χ1) is 14.8. The molecule has 2 heteroatoms. The van der Waals surface area contributed by atoms with Crippen molar-refractivity contribution in [2.75, 3.05) is 0 Å². The normalized spacial score (nSPS) is 40.8. The Kier molecular flexibility index (Phi) is 5.31. The molecule has 4 aliphatic carbocycles. The molecule has 2 nitrogen and oxygen atoms in total. The summed E-state index contributed by atoms with van der Waals surface area (Å²) in [6.07, 6.45) is 13.2. The number of carbonyl (C=O) groups excluding carboxylic acids is 1. The van der Waals surface area contributed by atoms with E-state index in [9.17, 15) is 4.79 Å². The number of carbonyl (C=O) groups is 1. The Morgan fingerprint density at radius 3 is 2.42 bits per heavy atom. The van der Waals surface area contributed by atoms with Gasteiger partial charge in [0.2, 0.25) is 0 Å². The Labute approximate surface area is 188 Å². The Bertz CT molecular complexity index is 877. The third kappa shape index (κ3) is 3.67. The Balaban J connectivity index is 1.29. The molecule has 4 fully saturated rings. The van der Waals surface area contributed by atoms with Crippen molar-refractivity contribution >= 4 is 5.78 Å². The van der Waals surface area contributed by atoms with Gasteiger partial charge in [0.05, 0.1) is 11.6 Å². The molecule has 0 aromatic heterocycles. The maximum atomic E-state index is 13.1. The summed E-state index contributed by atoms with van der Waals surface area (Å²) in [5.74, 6) is 5.47. The van der Waals surface area contributed by atoms with Gasteiger partial charge < -0.3 is 0 Å². The minimum Gasteiger partial charge on any atom is -0.294 e. The predicted octanol–water partition coefficient (Wildman–Crippen LogP) is 7.43. The molecule has 1 aromatic carbocycles. The molecule has 7 atom stereocenters. The van der Waals surface area contributed by atoms with Crippen LogP contribution in [0.4, 0.5) is 0 Å². The van der Waals surface area contributed by atoms with Gasteiger partial charge in [-0.1, -0.05) is 32.9 Å². The summed E-state index contributed by atoms with van der Waals surface area (Å²) in [7, 11) is 0. The van der Waals surface area contributed by atoms with Crippen molar-refractivity contribution in [3.63, 3.8) is 0 Å². The molecule has 0 N–H and O–H groups in total. The van der Waals surface area contributed by atoms with E-state index in [-0.39, 0.29) is 5.78 Å². The Hall–Kier alpha value is -1.62. The molecule has 4 saturated carbocycles. The van der Waals surface area contributed by atoms with Crippen LogP contribution in [0, 0.1) is 57.7 Å². The summed E-state index contributed by atoms with van der Waals surface area (Å²) >= 11 is 0. The van der Waals surface area contributed by atoms with Crippen molar-refractivity contribution in [2.24, 2.45) is 46.3 Å². The maximum Gasteiger partial charge on any atom is 0.163 e. The summed E-state index contributed by atoms with van der Waals surface area (Å²) in [4.78, 5) is 13.1. The lowest BCUT2D eigenvalue weighted by atomic mass is 9.48. The second-order valence-electron chi connectivity index (χ2n) is 12.5. The fourth-order valence-corrected chi connectivity index (χ4v) is 8.82. The summed E-state index contributed by atoms with van der Waals surface area (Å²) in [5.41, 5.74) is 2.32. The Morgan fingerprint density at radius 2 is 1.68 bits per heavy atom. The highest BCUT2D eigenvalue weighted by molar-refractivity contribution is 5.96. The van der Waals surface area contributed by atoms with Crippen molar-refractivity contribution in [1.82, 2.24) is 0 Å². The number of Topliss-reactive ketones (excluding diaryl/α,β-unsaturated/α-hetero) is 1. The van der Waals surface area contributed by atoms with Gasteiger partial charge in [0.25, 0.3) is 0 Å². The summed E-state index contributed by atoms with van der Waals surface area (Å²) in [6, 6.07) is 9.40. The number of nitrogens with zero attached hydrogens (tertiary/aromatic N) is 1. The van der Waals surface area contributed by atoms with Gasteiger partial charge in [0.15, 0.2) is 5.78 Å². The first-order valence-electron chi connectivity index (χ1n) is 12.8. The van der Waals surface area contributed by atoms with E-state index in [2.05, 4.69) is 26.8 Å². The molecule has 0 amide bonds. The molecule has 0 unspecified atom stereocenters. The molecular formula is C29H39NO. The SMILES string of the molecule is CC1(C)CC[C@H]2[C@H](CC[C@@H]3[C@@H]2CC[C@]2(C)[C@@H](CC(=O)c4ccc(C#N)cc4)CC[C@@H]32)C1. The van der Waals surface area contributed by atoms with E-state index in [1.165, 1.54) is 57.8 Å². The zero-order valence-electron chi connectivity index (χ0n) is 19.7. The van der Waals surface area contributed by atoms with E-state index in [0.29, 0.717) is 28.7 Å². The average Bonchev–Trinajstić information content (AvgIpc) is 3.09. The van der Waals surface area contributed by atoms with Crippen LogP contribution in [0.5, 0.6) is 0 Å². The molecule has 0 spiro atoms. The van der Waals surface area contributed by atoms with E-state index in [0.717, 1.165) is 35.2 Å². The van der Waals surface area contributed by atoms with Crippen LogP contribution in [-0.2, 0) is 0 Å². The van der Waals surface area contributed by atoms with Crippen molar-refractivity contribution in [3.05, 3.63) is 35.4 Å². The number of ketones is 1. The largest absolute Gasteiger partial charge is 0.294 e. The lowest BCUT2D eigenvalue weighted by molar-refractivity contribution is -0.0756. The van der Waals surface area contributed by atoms with Crippen LogP contribution in [0.3, 0.4) is 0 Å². The smallest absolute Gasteiger partial charge is 0.163 e. The molecule has 0 radical (unpaired) electrons. The second-order valence-corrected chi connectivity index (χ2v) is 12.5. The Morgan fingerprint density at radius 1 is 0.935 bits per heavy atom. The van der Waals surface area contributed by atoms with Gasteiger partial charge in [-0.3, -0.25) is 4.79 Å². The monoisotopic (exact) mass is 417 g/mol. The van der Waals surface area contributed by atoms with E-state index in [1.54, 1.807) is 12.1 Å². The van der Waals surface area contributed by atoms with Gasteiger partial charge >= 0.3 is 0 Å². The molecule has 0 saturated heterocycles. The van der Waals surface area contributed by atoms with Gasteiger partial charge in [-0.2, -0.15) is 5.26 Å². The number of nitriles is 1. The lowest BCUT2D eigenvalue weighted by Crippen LogP contribution is -2.49. The van der Waals surface area contributed by atoms with Gasteiger partial charge in [-0.05, 0) is 116 Å². The van der Waals surface area contributed by atoms with E-state index < -0.39 is 0 Å². The van der Waals surface area contributed by atoms with Crippen LogP contribution in [0.25, 0.3) is 0 Å². The highest BCUT2D eigenvalue weighted by Gasteiger charge is 2.57. The first kappa shape index (κ1) is 21.2. The number of rotatable bonds is 3. The number of benzene rings is 1. The fraction of sp³-hybridized carbons (Fsp3) is 0.724. The number of fused-ring (bicyclic) bond motifs is 5.